The van der Waals surface area contributed by atoms with E-state index in [9.17, 15) is 18.0 Å². The van der Waals surface area contributed by atoms with E-state index in [0.29, 0.717) is 5.56 Å². The summed E-state index contributed by atoms with van der Waals surface area (Å²) in [6.07, 6.45) is -1.36. The van der Waals surface area contributed by atoms with Crippen LogP contribution >= 0.6 is 0 Å². The summed E-state index contributed by atoms with van der Waals surface area (Å²) in [5, 5.41) is 6.38. The average molecular weight is 438 g/mol. The van der Waals surface area contributed by atoms with Crippen molar-refractivity contribution in [2.75, 3.05) is 31.1 Å². The number of carbonyl (C=O) groups excluding carboxylic acids is 1. The largest absolute Gasteiger partial charge is 0.471 e. The molecule has 0 saturated carbocycles. The lowest BCUT2D eigenvalue weighted by Crippen LogP contribution is -2.62. The van der Waals surface area contributed by atoms with Gasteiger partial charge in [0.15, 0.2) is 0 Å². The molecule has 0 aliphatic carbocycles. The van der Waals surface area contributed by atoms with Crippen molar-refractivity contribution in [2.45, 2.75) is 45.3 Å². The lowest BCUT2D eigenvalue weighted by atomic mass is 9.72. The van der Waals surface area contributed by atoms with Crippen LogP contribution in [-0.2, 0) is 6.18 Å². The number of amides is 2. The Labute approximate surface area is 177 Å². The fraction of sp³-hybridized carbons (Fsp3) is 0.600. The van der Waals surface area contributed by atoms with Gasteiger partial charge in [-0.15, -0.1) is 0 Å². The second kappa shape index (κ2) is 7.38. The van der Waals surface area contributed by atoms with Gasteiger partial charge in [-0.2, -0.15) is 18.2 Å². The zero-order chi connectivity index (χ0) is 22.4. The zero-order valence-electron chi connectivity index (χ0n) is 17.7. The Kier molecular flexibility index (Phi) is 5.09. The molecule has 2 amide bonds. The Morgan fingerprint density at radius 3 is 2.35 bits per heavy atom. The molecule has 2 aromatic heterocycles. The molecule has 2 saturated heterocycles. The lowest BCUT2D eigenvalue weighted by Gasteiger charge is -2.54. The molecule has 4 rings (SSSR count). The Bertz CT molecular complexity index is 935. The first-order chi connectivity index (χ1) is 14.4. The summed E-state index contributed by atoms with van der Waals surface area (Å²) in [7, 11) is 0. The first-order valence-corrected chi connectivity index (χ1v) is 10.1. The van der Waals surface area contributed by atoms with E-state index in [1.165, 1.54) is 6.20 Å². The van der Waals surface area contributed by atoms with Crippen molar-refractivity contribution in [3.63, 3.8) is 0 Å². The Balaban J connectivity index is 1.32. The van der Waals surface area contributed by atoms with E-state index in [2.05, 4.69) is 29.9 Å². The summed E-state index contributed by atoms with van der Waals surface area (Å²) in [6.45, 7) is 9.02. The van der Waals surface area contributed by atoms with Crippen LogP contribution in [0.5, 0.6) is 0 Å². The topological polar surface area (TPSA) is 87.4 Å². The SMILES string of the molecule is CC(C)(C)NC(=O)N1CCC2(CC1)CN(c1ccc(-c3noc(C(F)(F)F)n3)cn1)C2. The highest BCUT2D eigenvalue weighted by Crippen LogP contribution is 2.42. The molecule has 2 aliphatic heterocycles. The molecule has 2 fully saturated rings. The molecule has 0 unspecified atom stereocenters. The molecule has 1 N–H and O–H groups in total. The molecule has 31 heavy (non-hydrogen) atoms. The number of aromatic nitrogens is 3. The highest BCUT2D eigenvalue weighted by Gasteiger charge is 2.46. The minimum Gasteiger partial charge on any atom is -0.355 e. The van der Waals surface area contributed by atoms with Crippen molar-refractivity contribution < 1.29 is 22.5 Å². The number of nitrogens with zero attached hydrogens (tertiary/aromatic N) is 5. The second-order valence-electron chi connectivity index (χ2n) is 9.35. The number of likely N-dealkylation sites (tertiary alicyclic amines) is 1. The summed E-state index contributed by atoms with van der Waals surface area (Å²) < 4.78 is 42.1. The van der Waals surface area contributed by atoms with Gasteiger partial charge in [-0.1, -0.05) is 5.16 Å². The maximum absolute atomic E-state index is 12.6. The molecule has 0 atom stereocenters. The molecule has 4 heterocycles. The first kappa shape index (κ1) is 21.4. The van der Waals surface area contributed by atoms with Crippen LogP contribution in [0.3, 0.4) is 0 Å². The average Bonchev–Trinajstić information content (AvgIpc) is 3.16. The van der Waals surface area contributed by atoms with Crippen molar-refractivity contribution in [2.24, 2.45) is 5.41 Å². The van der Waals surface area contributed by atoms with Gasteiger partial charge >= 0.3 is 18.1 Å². The summed E-state index contributed by atoms with van der Waals surface area (Å²) >= 11 is 0. The van der Waals surface area contributed by atoms with E-state index in [-0.39, 0.29) is 22.8 Å². The Hall–Kier alpha value is -2.85. The molecule has 0 aromatic carbocycles. The number of carbonyl (C=O) groups is 1. The Morgan fingerprint density at radius 2 is 1.84 bits per heavy atom. The van der Waals surface area contributed by atoms with Crippen molar-refractivity contribution in [1.29, 1.82) is 0 Å². The fourth-order valence-corrected chi connectivity index (χ4v) is 3.99. The van der Waals surface area contributed by atoms with E-state index in [1.807, 2.05) is 25.7 Å². The van der Waals surface area contributed by atoms with E-state index >= 15 is 0 Å². The fourth-order valence-electron chi connectivity index (χ4n) is 3.99. The number of pyridine rings is 1. The predicted octanol–water partition coefficient (Wildman–Crippen LogP) is 3.56. The van der Waals surface area contributed by atoms with Crippen molar-refractivity contribution in [3.8, 4) is 11.4 Å². The molecular formula is C20H25F3N6O2. The number of urea groups is 1. The van der Waals surface area contributed by atoms with Gasteiger partial charge in [-0.3, -0.25) is 0 Å². The predicted molar refractivity (Wildman–Crippen MR) is 106 cm³/mol. The van der Waals surface area contributed by atoms with Crippen molar-refractivity contribution >= 4 is 11.8 Å². The molecule has 2 aromatic rings. The number of rotatable bonds is 2. The monoisotopic (exact) mass is 438 g/mol. The van der Waals surface area contributed by atoms with Crippen LogP contribution in [0.2, 0.25) is 0 Å². The molecule has 168 valence electrons. The summed E-state index contributed by atoms with van der Waals surface area (Å²) in [4.78, 5) is 24.1. The van der Waals surface area contributed by atoms with E-state index in [0.717, 1.165) is 44.8 Å². The third kappa shape index (κ3) is 4.59. The van der Waals surface area contributed by atoms with Crippen LogP contribution in [0, 0.1) is 5.41 Å². The summed E-state index contributed by atoms with van der Waals surface area (Å²) in [5.41, 5.74) is 0.276. The van der Waals surface area contributed by atoms with Crippen LogP contribution < -0.4 is 10.2 Å². The standard InChI is InChI=1S/C20H25F3N6O2/c1-18(2,3)26-17(30)28-8-6-19(7-9-28)11-29(12-19)14-5-4-13(10-24-14)15-25-16(31-27-15)20(21,22)23/h4-5,10H,6-9,11-12H2,1-3H3,(H,26,30). The van der Waals surface area contributed by atoms with E-state index in [1.54, 1.807) is 12.1 Å². The lowest BCUT2D eigenvalue weighted by molar-refractivity contribution is -0.159. The van der Waals surface area contributed by atoms with E-state index in [4.69, 9.17) is 0 Å². The number of hydrogen-bond donors (Lipinski definition) is 1. The molecule has 2 aliphatic rings. The normalized spacial score (nSPS) is 18.8. The zero-order valence-corrected chi connectivity index (χ0v) is 17.7. The van der Waals surface area contributed by atoms with Gasteiger partial charge in [0.2, 0.25) is 5.82 Å². The second-order valence-corrected chi connectivity index (χ2v) is 9.35. The first-order valence-electron chi connectivity index (χ1n) is 10.1. The number of piperidine rings is 1. The van der Waals surface area contributed by atoms with Gasteiger partial charge in [0.25, 0.3) is 0 Å². The third-order valence-electron chi connectivity index (χ3n) is 5.64. The van der Waals surface area contributed by atoms with Gasteiger partial charge in [0.05, 0.1) is 0 Å². The van der Waals surface area contributed by atoms with Crippen LogP contribution in [0.4, 0.5) is 23.8 Å². The summed E-state index contributed by atoms with van der Waals surface area (Å²) in [6, 6.07) is 3.36. The number of hydrogen-bond acceptors (Lipinski definition) is 6. The number of alkyl halides is 3. The molecule has 0 radical (unpaired) electrons. The minimum absolute atomic E-state index is 0.0223. The smallest absolute Gasteiger partial charge is 0.355 e. The number of halogens is 3. The highest BCUT2D eigenvalue weighted by atomic mass is 19.4. The van der Waals surface area contributed by atoms with Crippen molar-refractivity contribution in [1.82, 2.24) is 25.3 Å². The Morgan fingerprint density at radius 1 is 1.16 bits per heavy atom. The number of nitrogens with one attached hydrogen (secondary N) is 1. The molecule has 11 heteroatoms. The van der Waals surface area contributed by atoms with Gasteiger partial charge in [0.1, 0.15) is 5.82 Å². The van der Waals surface area contributed by atoms with Crippen LogP contribution in [0.1, 0.15) is 39.5 Å². The van der Waals surface area contributed by atoms with Gasteiger partial charge in [-0.05, 0) is 45.7 Å². The van der Waals surface area contributed by atoms with Gasteiger partial charge in [0, 0.05) is 48.9 Å². The highest BCUT2D eigenvalue weighted by molar-refractivity contribution is 5.75. The minimum atomic E-state index is -4.67. The van der Waals surface area contributed by atoms with Crippen LogP contribution in [0.25, 0.3) is 11.4 Å². The maximum Gasteiger partial charge on any atom is 0.471 e. The van der Waals surface area contributed by atoms with Crippen LogP contribution in [-0.4, -0.2) is 57.8 Å². The van der Waals surface area contributed by atoms with Crippen molar-refractivity contribution in [3.05, 3.63) is 24.2 Å². The maximum atomic E-state index is 12.6. The molecule has 0 bridgehead atoms. The summed E-state index contributed by atoms with van der Waals surface area (Å²) in [5.74, 6) is -0.770. The van der Waals surface area contributed by atoms with E-state index < -0.39 is 12.1 Å². The molecule has 8 nitrogen and oxygen atoms in total. The van der Waals surface area contributed by atoms with Crippen LogP contribution in [0.15, 0.2) is 22.9 Å². The number of anilines is 1. The third-order valence-corrected chi connectivity index (χ3v) is 5.64. The molecule has 1 spiro atoms. The van der Waals surface area contributed by atoms with Gasteiger partial charge < -0.3 is 19.6 Å². The quantitative estimate of drug-likeness (QED) is 0.772. The van der Waals surface area contributed by atoms with Gasteiger partial charge in [-0.25, -0.2) is 9.78 Å². The molecular weight excluding hydrogens is 413 g/mol.